The molecule has 1 saturated heterocycles. The van der Waals surface area contributed by atoms with E-state index in [4.69, 9.17) is 9.72 Å². The highest BCUT2D eigenvalue weighted by molar-refractivity contribution is 5.78. The molecule has 4 heterocycles. The molecule has 0 bridgehead atoms. The fourth-order valence-corrected chi connectivity index (χ4v) is 3.37. The molecule has 0 atom stereocenters. The van der Waals surface area contributed by atoms with Crippen molar-refractivity contribution >= 4 is 28.4 Å². The number of hydrogen-bond donors (Lipinski definition) is 1. The van der Waals surface area contributed by atoms with Crippen LogP contribution in [0.4, 0.5) is 17.3 Å². The molecule has 28 heavy (non-hydrogen) atoms. The van der Waals surface area contributed by atoms with Crippen molar-refractivity contribution in [1.82, 2.24) is 19.5 Å². The van der Waals surface area contributed by atoms with E-state index in [0.29, 0.717) is 5.95 Å². The molecule has 0 amide bonds. The molecule has 0 radical (unpaired) electrons. The Kier molecular flexibility index (Phi) is 4.34. The minimum Gasteiger partial charge on any atom is -0.378 e. The Morgan fingerprint density at radius 2 is 1.79 bits per heavy atom. The van der Waals surface area contributed by atoms with E-state index >= 15 is 0 Å². The van der Waals surface area contributed by atoms with E-state index in [0.717, 1.165) is 48.8 Å². The van der Waals surface area contributed by atoms with Gasteiger partial charge in [0.05, 0.1) is 13.2 Å². The van der Waals surface area contributed by atoms with Crippen LogP contribution >= 0.6 is 0 Å². The van der Waals surface area contributed by atoms with Crippen LogP contribution in [0.3, 0.4) is 0 Å². The molecule has 0 aliphatic carbocycles. The van der Waals surface area contributed by atoms with E-state index in [1.54, 1.807) is 6.20 Å². The third-order valence-corrected chi connectivity index (χ3v) is 4.82. The minimum atomic E-state index is 0.558. The molecule has 0 unspecified atom stereocenters. The number of morpholine rings is 1. The number of ether oxygens (including phenoxy) is 1. The maximum atomic E-state index is 5.42. The number of nitrogens with one attached hydrogen (secondary N) is 1. The number of hydrogen-bond acceptors (Lipinski definition) is 6. The summed E-state index contributed by atoms with van der Waals surface area (Å²) in [7, 11) is 0. The van der Waals surface area contributed by atoms with Gasteiger partial charge in [-0.2, -0.15) is 4.98 Å². The van der Waals surface area contributed by atoms with Crippen LogP contribution in [0.5, 0.6) is 0 Å². The Bertz CT molecular complexity index is 1070. The maximum absolute atomic E-state index is 5.42. The summed E-state index contributed by atoms with van der Waals surface area (Å²) in [4.78, 5) is 15.9. The average molecular weight is 372 g/mol. The zero-order chi connectivity index (χ0) is 18.8. The molecule has 7 heteroatoms. The molecule has 3 aromatic heterocycles. The lowest BCUT2D eigenvalue weighted by Gasteiger charge is -2.28. The van der Waals surface area contributed by atoms with Gasteiger partial charge in [-0.15, -0.1) is 0 Å². The molecular formula is C21H20N6O. The van der Waals surface area contributed by atoms with Crippen LogP contribution in [-0.4, -0.2) is 45.8 Å². The predicted molar refractivity (Wildman–Crippen MR) is 109 cm³/mol. The third kappa shape index (κ3) is 3.27. The number of fused-ring (bicyclic) bond motifs is 1. The molecule has 0 saturated carbocycles. The van der Waals surface area contributed by atoms with Crippen LogP contribution < -0.4 is 10.2 Å². The average Bonchev–Trinajstić information content (AvgIpc) is 3.19. The second-order valence-corrected chi connectivity index (χ2v) is 6.62. The zero-order valence-corrected chi connectivity index (χ0v) is 15.3. The van der Waals surface area contributed by atoms with Crippen LogP contribution in [-0.2, 0) is 4.74 Å². The topological polar surface area (TPSA) is 68.1 Å². The van der Waals surface area contributed by atoms with Crippen LogP contribution in [0.25, 0.3) is 16.9 Å². The summed E-state index contributed by atoms with van der Waals surface area (Å²) in [6, 6.07) is 16.1. The predicted octanol–water partition coefficient (Wildman–Crippen LogP) is 3.40. The monoisotopic (exact) mass is 372 g/mol. The largest absolute Gasteiger partial charge is 0.378 e. The van der Waals surface area contributed by atoms with E-state index in [9.17, 15) is 0 Å². The highest BCUT2D eigenvalue weighted by Crippen LogP contribution is 2.22. The molecule has 0 spiro atoms. The molecule has 140 valence electrons. The fourth-order valence-electron chi connectivity index (χ4n) is 3.37. The van der Waals surface area contributed by atoms with Gasteiger partial charge in [-0.05, 0) is 42.5 Å². The van der Waals surface area contributed by atoms with Gasteiger partial charge in [0, 0.05) is 48.4 Å². The molecule has 1 aliphatic heterocycles. The van der Waals surface area contributed by atoms with E-state index in [1.165, 1.54) is 5.69 Å². The molecule has 1 aromatic carbocycles. The van der Waals surface area contributed by atoms with Crippen LogP contribution in [0, 0.1) is 0 Å². The minimum absolute atomic E-state index is 0.558. The van der Waals surface area contributed by atoms with Crippen molar-refractivity contribution in [1.29, 1.82) is 0 Å². The number of rotatable bonds is 4. The van der Waals surface area contributed by atoms with Gasteiger partial charge in [0.15, 0.2) is 5.65 Å². The van der Waals surface area contributed by atoms with Gasteiger partial charge in [0.2, 0.25) is 5.95 Å². The van der Waals surface area contributed by atoms with Crippen LogP contribution in [0.2, 0.25) is 0 Å². The van der Waals surface area contributed by atoms with Gasteiger partial charge < -0.3 is 15.0 Å². The number of nitrogens with zero attached hydrogens (tertiary/aromatic N) is 5. The molecule has 7 nitrogen and oxygen atoms in total. The van der Waals surface area contributed by atoms with Gasteiger partial charge >= 0.3 is 0 Å². The molecule has 1 aliphatic rings. The lowest BCUT2D eigenvalue weighted by atomic mass is 10.2. The summed E-state index contributed by atoms with van der Waals surface area (Å²) < 4.78 is 7.38. The Hall–Kier alpha value is -3.45. The van der Waals surface area contributed by atoms with E-state index in [2.05, 4.69) is 44.5 Å². The smallest absolute Gasteiger partial charge is 0.229 e. The van der Waals surface area contributed by atoms with Crippen molar-refractivity contribution < 1.29 is 4.74 Å². The molecule has 5 rings (SSSR count). The highest BCUT2D eigenvalue weighted by Gasteiger charge is 2.11. The SMILES string of the molecule is c1ccc(-n2ccc3cnc(Nc4ccc(N5CCOCC5)cc4)nc32)nc1. The Morgan fingerprint density at radius 1 is 0.929 bits per heavy atom. The first-order chi connectivity index (χ1) is 13.9. The summed E-state index contributed by atoms with van der Waals surface area (Å²) in [5, 5.41) is 4.27. The van der Waals surface area contributed by atoms with Gasteiger partial charge in [0.1, 0.15) is 5.82 Å². The number of aromatic nitrogens is 4. The molecular weight excluding hydrogens is 352 g/mol. The van der Waals surface area contributed by atoms with Crippen molar-refractivity contribution in [3.05, 3.63) is 67.1 Å². The van der Waals surface area contributed by atoms with Gasteiger partial charge in [-0.1, -0.05) is 6.07 Å². The molecule has 4 aromatic rings. The molecule has 1 fully saturated rings. The summed E-state index contributed by atoms with van der Waals surface area (Å²) in [6.45, 7) is 3.42. The van der Waals surface area contributed by atoms with Crippen molar-refractivity contribution in [3.63, 3.8) is 0 Å². The van der Waals surface area contributed by atoms with Gasteiger partial charge in [0.25, 0.3) is 0 Å². The quantitative estimate of drug-likeness (QED) is 0.592. The lowest BCUT2D eigenvalue weighted by Crippen LogP contribution is -2.36. The molecule has 1 N–H and O–H groups in total. The summed E-state index contributed by atoms with van der Waals surface area (Å²) in [5.74, 6) is 1.39. The summed E-state index contributed by atoms with van der Waals surface area (Å²) in [5.41, 5.74) is 2.97. The maximum Gasteiger partial charge on any atom is 0.229 e. The van der Waals surface area contributed by atoms with E-state index < -0.39 is 0 Å². The number of pyridine rings is 1. The summed E-state index contributed by atoms with van der Waals surface area (Å²) in [6.07, 6.45) is 5.56. The van der Waals surface area contributed by atoms with Crippen molar-refractivity contribution in [2.45, 2.75) is 0 Å². The van der Waals surface area contributed by atoms with Crippen molar-refractivity contribution in [2.24, 2.45) is 0 Å². The normalized spacial score (nSPS) is 14.4. The van der Waals surface area contributed by atoms with E-state index in [1.807, 2.05) is 41.2 Å². The Balaban J connectivity index is 1.39. The highest BCUT2D eigenvalue weighted by atomic mass is 16.5. The second-order valence-electron chi connectivity index (χ2n) is 6.62. The van der Waals surface area contributed by atoms with Crippen molar-refractivity contribution in [2.75, 3.05) is 36.5 Å². The summed E-state index contributed by atoms with van der Waals surface area (Å²) >= 11 is 0. The van der Waals surface area contributed by atoms with Crippen LogP contribution in [0.15, 0.2) is 67.1 Å². The zero-order valence-electron chi connectivity index (χ0n) is 15.3. The van der Waals surface area contributed by atoms with E-state index in [-0.39, 0.29) is 0 Å². The first-order valence-corrected chi connectivity index (χ1v) is 9.32. The van der Waals surface area contributed by atoms with Crippen LogP contribution in [0.1, 0.15) is 0 Å². The third-order valence-electron chi connectivity index (χ3n) is 4.82. The van der Waals surface area contributed by atoms with Crippen molar-refractivity contribution in [3.8, 4) is 5.82 Å². The number of anilines is 3. The second kappa shape index (κ2) is 7.28. The number of benzene rings is 1. The Morgan fingerprint density at radius 3 is 2.57 bits per heavy atom. The van der Waals surface area contributed by atoms with Gasteiger partial charge in [-0.3, -0.25) is 4.57 Å². The fraction of sp³-hybridized carbons (Fsp3) is 0.190. The lowest BCUT2D eigenvalue weighted by molar-refractivity contribution is 0.122. The standard InChI is InChI=1S/C21H20N6O/c1-2-9-22-19(3-1)27-10-8-16-15-23-21(25-20(16)27)24-17-4-6-18(7-5-17)26-11-13-28-14-12-26/h1-10,15H,11-14H2,(H,23,24,25). The van der Waals surface area contributed by atoms with Gasteiger partial charge in [-0.25, -0.2) is 9.97 Å². The first kappa shape index (κ1) is 16.7. The first-order valence-electron chi connectivity index (χ1n) is 9.32. The Labute approximate surface area is 162 Å².